The van der Waals surface area contributed by atoms with Crippen LogP contribution in [0.1, 0.15) is 43.7 Å². The van der Waals surface area contributed by atoms with Gasteiger partial charge in [0.25, 0.3) is 0 Å². The van der Waals surface area contributed by atoms with Crippen LogP contribution in [0.3, 0.4) is 0 Å². The molecule has 0 aliphatic heterocycles. The zero-order valence-corrected chi connectivity index (χ0v) is 11.5. The molecule has 4 heteroatoms. The van der Waals surface area contributed by atoms with Crippen molar-refractivity contribution in [2.24, 2.45) is 16.8 Å². The fourth-order valence-corrected chi connectivity index (χ4v) is 2.75. The molecule has 1 aromatic carbocycles. The molecule has 0 spiro atoms. The Bertz CT molecular complexity index is 422. The average Bonchev–Trinajstić information content (AvgIpc) is 2.98. The maximum Gasteiger partial charge on any atom is 0.170 e. The van der Waals surface area contributed by atoms with Crippen molar-refractivity contribution in [3.63, 3.8) is 0 Å². The van der Waals surface area contributed by atoms with Gasteiger partial charge in [-0.05, 0) is 31.2 Å². The highest BCUT2D eigenvalue weighted by atomic mass is 16.4. The summed E-state index contributed by atoms with van der Waals surface area (Å²) >= 11 is 0. The van der Waals surface area contributed by atoms with Crippen LogP contribution in [-0.4, -0.2) is 17.1 Å². The molecule has 1 aliphatic carbocycles. The first-order valence-corrected chi connectivity index (χ1v) is 7.01. The van der Waals surface area contributed by atoms with Crippen molar-refractivity contribution in [2.75, 3.05) is 0 Å². The van der Waals surface area contributed by atoms with Crippen LogP contribution in [0.5, 0.6) is 0 Å². The second-order valence-corrected chi connectivity index (χ2v) is 5.40. The van der Waals surface area contributed by atoms with Crippen LogP contribution < -0.4 is 11.1 Å². The minimum atomic E-state index is 0.152. The van der Waals surface area contributed by atoms with Crippen LogP contribution in [0.4, 0.5) is 0 Å². The SMILES string of the molecule is CC(NCc1ccc(C(N)=NO)cc1)C1CCCC1. The zero-order valence-electron chi connectivity index (χ0n) is 11.5. The molecule has 104 valence electrons. The second-order valence-electron chi connectivity index (χ2n) is 5.40. The smallest absolute Gasteiger partial charge is 0.170 e. The van der Waals surface area contributed by atoms with Gasteiger partial charge in [0.15, 0.2) is 5.84 Å². The highest BCUT2D eigenvalue weighted by molar-refractivity contribution is 5.96. The number of hydrogen-bond acceptors (Lipinski definition) is 3. The van der Waals surface area contributed by atoms with Crippen LogP contribution in [0.15, 0.2) is 29.4 Å². The lowest BCUT2D eigenvalue weighted by Crippen LogP contribution is -2.31. The van der Waals surface area contributed by atoms with E-state index in [1.165, 1.54) is 31.2 Å². The highest BCUT2D eigenvalue weighted by Gasteiger charge is 2.20. The molecule has 4 N–H and O–H groups in total. The van der Waals surface area contributed by atoms with E-state index in [2.05, 4.69) is 17.4 Å². The largest absolute Gasteiger partial charge is 0.409 e. The van der Waals surface area contributed by atoms with E-state index >= 15 is 0 Å². The van der Waals surface area contributed by atoms with Gasteiger partial charge in [-0.3, -0.25) is 0 Å². The molecule has 19 heavy (non-hydrogen) atoms. The van der Waals surface area contributed by atoms with Crippen molar-refractivity contribution in [1.82, 2.24) is 5.32 Å². The molecule has 1 aliphatic rings. The first kappa shape index (κ1) is 13.9. The first-order valence-electron chi connectivity index (χ1n) is 7.01. The Balaban J connectivity index is 1.85. The molecule has 2 rings (SSSR count). The number of nitrogens with two attached hydrogens (primary N) is 1. The van der Waals surface area contributed by atoms with Crippen LogP contribution in [-0.2, 0) is 6.54 Å². The summed E-state index contributed by atoms with van der Waals surface area (Å²) in [5.74, 6) is 0.982. The molecule has 1 atom stereocenters. The van der Waals surface area contributed by atoms with E-state index in [4.69, 9.17) is 10.9 Å². The van der Waals surface area contributed by atoms with Crippen molar-refractivity contribution in [3.8, 4) is 0 Å². The summed E-state index contributed by atoms with van der Waals surface area (Å²) in [6.45, 7) is 3.15. The van der Waals surface area contributed by atoms with E-state index in [0.717, 1.165) is 18.0 Å². The Morgan fingerprint density at radius 3 is 2.58 bits per heavy atom. The van der Waals surface area contributed by atoms with Gasteiger partial charge in [0.05, 0.1) is 0 Å². The molecule has 0 aromatic heterocycles. The third-order valence-corrected chi connectivity index (χ3v) is 4.09. The molecule has 0 amide bonds. The van der Waals surface area contributed by atoms with E-state index in [1.54, 1.807) is 0 Å². The van der Waals surface area contributed by atoms with Crippen LogP contribution in [0.25, 0.3) is 0 Å². The van der Waals surface area contributed by atoms with Gasteiger partial charge in [0.2, 0.25) is 0 Å². The first-order chi connectivity index (χ1) is 9.20. The predicted octanol–water partition coefficient (Wildman–Crippen LogP) is 2.45. The lowest BCUT2D eigenvalue weighted by molar-refractivity contribution is 0.318. The molecule has 0 bridgehead atoms. The van der Waals surface area contributed by atoms with Crippen LogP contribution in [0.2, 0.25) is 0 Å². The maximum absolute atomic E-state index is 8.61. The summed E-state index contributed by atoms with van der Waals surface area (Å²) in [5.41, 5.74) is 7.50. The lowest BCUT2D eigenvalue weighted by Gasteiger charge is -2.20. The molecule has 0 saturated heterocycles. The minimum absolute atomic E-state index is 0.152. The number of oxime groups is 1. The summed E-state index contributed by atoms with van der Waals surface area (Å²) in [6.07, 6.45) is 5.48. The summed E-state index contributed by atoms with van der Waals surface area (Å²) in [7, 11) is 0. The summed E-state index contributed by atoms with van der Waals surface area (Å²) in [5, 5.41) is 15.2. The standard InChI is InChI=1S/C15H23N3O/c1-11(13-4-2-3-5-13)17-10-12-6-8-14(9-7-12)15(16)18-19/h6-9,11,13,17,19H,2-5,10H2,1H3,(H2,16,18). The molecule has 1 aromatic rings. The zero-order chi connectivity index (χ0) is 13.7. The van der Waals surface area contributed by atoms with Crippen molar-refractivity contribution < 1.29 is 5.21 Å². The summed E-state index contributed by atoms with van der Waals surface area (Å²) in [6, 6.07) is 8.37. The van der Waals surface area contributed by atoms with E-state index in [9.17, 15) is 0 Å². The van der Waals surface area contributed by atoms with Crippen molar-refractivity contribution in [2.45, 2.75) is 45.2 Å². The van der Waals surface area contributed by atoms with Crippen molar-refractivity contribution in [3.05, 3.63) is 35.4 Å². The molecular formula is C15H23N3O. The lowest BCUT2D eigenvalue weighted by atomic mass is 9.99. The quantitative estimate of drug-likeness (QED) is 0.330. The van der Waals surface area contributed by atoms with Gasteiger partial charge in [-0.2, -0.15) is 0 Å². The summed E-state index contributed by atoms with van der Waals surface area (Å²) < 4.78 is 0. The number of nitrogens with zero attached hydrogens (tertiary/aromatic N) is 1. The molecule has 1 fully saturated rings. The van der Waals surface area contributed by atoms with E-state index in [0.29, 0.717) is 6.04 Å². The second kappa shape index (κ2) is 6.57. The number of nitrogens with one attached hydrogen (secondary N) is 1. The van der Waals surface area contributed by atoms with Gasteiger partial charge < -0.3 is 16.3 Å². The molecular weight excluding hydrogens is 238 g/mol. The summed E-state index contributed by atoms with van der Waals surface area (Å²) in [4.78, 5) is 0. The minimum Gasteiger partial charge on any atom is -0.409 e. The van der Waals surface area contributed by atoms with Gasteiger partial charge in [0.1, 0.15) is 0 Å². The Morgan fingerprint density at radius 1 is 1.37 bits per heavy atom. The molecule has 4 nitrogen and oxygen atoms in total. The Morgan fingerprint density at radius 2 is 2.00 bits per heavy atom. The fourth-order valence-electron chi connectivity index (χ4n) is 2.75. The van der Waals surface area contributed by atoms with Crippen LogP contribution >= 0.6 is 0 Å². The van der Waals surface area contributed by atoms with Crippen LogP contribution in [0, 0.1) is 5.92 Å². The van der Waals surface area contributed by atoms with Gasteiger partial charge in [-0.15, -0.1) is 0 Å². The predicted molar refractivity (Wildman–Crippen MR) is 77.2 cm³/mol. The van der Waals surface area contributed by atoms with Gasteiger partial charge in [-0.25, -0.2) is 0 Å². The Kier molecular flexibility index (Phi) is 4.80. The highest BCUT2D eigenvalue weighted by Crippen LogP contribution is 2.27. The van der Waals surface area contributed by atoms with Gasteiger partial charge in [-0.1, -0.05) is 42.3 Å². The van der Waals surface area contributed by atoms with E-state index in [-0.39, 0.29) is 5.84 Å². The fraction of sp³-hybridized carbons (Fsp3) is 0.533. The van der Waals surface area contributed by atoms with E-state index < -0.39 is 0 Å². The molecule has 0 heterocycles. The Labute approximate surface area is 114 Å². The normalized spacial score (nSPS) is 18.7. The van der Waals surface area contributed by atoms with Gasteiger partial charge >= 0.3 is 0 Å². The monoisotopic (exact) mass is 261 g/mol. The van der Waals surface area contributed by atoms with Crippen molar-refractivity contribution >= 4 is 5.84 Å². The van der Waals surface area contributed by atoms with Crippen molar-refractivity contribution in [1.29, 1.82) is 0 Å². The Hall–Kier alpha value is -1.55. The topological polar surface area (TPSA) is 70.6 Å². The maximum atomic E-state index is 8.61. The number of benzene rings is 1. The molecule has 1 saturated carbocycles. The number of hydrogen-bond donors (Lipinski definition) is 3. The third-order valence-electron chi connectivity index (χ3n) is 4.09. The third kappa shape index (κ3) is 3.70. The average molecular weight is 261 g/mol. The molecule has 0 radical (unpaired) electrons. The van der Waals surface area contributed by atoms with Gasteiger partial charge in [0, 0.05) is 18.2 Å². The number of amidine groups is 1. The molecule has 1 unspecified atom stereocenters. The van der Waals surface area contributed by atoms with E-state index in [1.807, 2.05) is 24.3 Å². The number of rotatable bonds is 5.